The van der Waals surface area contributed by atoms with Crippen molar-refractivity contribution in [2.24, 2.45) is 11.7 Å². The topological polar surface area (TPSA) is 109 Å². The summed E-state index contributed by atoms with van der Waals surface area (Å²) in [4.78, 5) is 11.2. The number of nitrogens with two attached hydrogens (primary N) is 1. The number of ether oxygens (including phenoxy) is 1. The second-order valence-corrected chi connectivity index (χ2v) is 9.46. The number of anilines is 1. The van der Waals surface area contributed by atoms with Crippen molar-refractivity contribution in [2.75, 3.05) is 11.4 Å². The van der Waals surface area contributed by atoms with Crippen LogP contribution in [0.3, 0.4) is 0 Å². The average Bonchev–Trinajstić information content (AvgIpc) is 3.31. The highest BCUT2D eigenvalue weighted by Gasteiger charge is 2.48. The molecule has 1 aromatic rings. The summed E-state index contributed by atoms with van der Waals surface area (Å²) in [7, 11) is 0. The van der Waals surface area contributed by atoms with Crippen LogP contribution < -0.4 is 21.5 Å². The lowest BCUT2D eigenvalue weighted by molar-refractivity contribution is -0.0603. The average molecular weight is 403 g/mol. The summed E-state index contributed by atoms with van der Waals surface area (Å²) in [5.74, 6) is 1.29. The Morgan fingerprint density at radius 3 is 2.83 bits per heavy atom. The van der Waals surface area contributed by atoms with E-state index < -0.39 is 6.10 Å². The maximum absolute atomic E-state index is 10.1. The van der Waals surface area contributed by atoms with E-state index >= 15 is 0 Å². The third-order valence-corrected chi connectivity index (χ3v) is 7.74. The number of fused-ring (bicyclic) bond motifs is 1. The summed E-state index contributed by atoms with van der Waals surface area (Å²) in [6.07, 6.45) is 8.31. The van der Waals surface area contributed by atoms with Gasteiger partial charge < -0.3 is 20.5 Å². The second kappa shape index (κ2) is 7.42. The van der Waals surface area contributed by atoms with Crippen LogP contribution in [0.4, 0.5) is 5.82 Å². The Hall–Kier alpha value is -1.32. The Labute approximate surface area is 172 Å². The second-order valence-electron chi connectivity index (χ2n) is 9.46. The molecule has 8 nitrogen and oxygen atoms in total. The SMILES string of the molecule is CCC1(OC2CCC3NNC(c4cc(N5C[C@H](O)[C@@H](N)[C@@H]5C)ncn4)C3C2)CC1. The highest BCUT2D eigenvalue weighted by molar-refractivity contribution is 5.44. The van der Waals surface area contributed by atoms with Crippen molar-refractivity contribution < 1.29 is 9.84 Å². The summed E-state index contributed by atoms with van der Waals surface area (Å²) in [6.45, 7) is 4.79. The normalized spacial score (nSPS) is 40.8. The molecule has 7 atom stereocenters. The fourth-order valence-electron chi connectivity index (χ4n) is 5.47. The zero-order chi connectivity index (χ0) is 20.2. The number of nitrogens with one attached hydrogen (secondary N) is 2. The number of β-amino-alcohol motifs (C(OH)–C–C–N with tert-alkyl or cyclic N) is 1. The summed E-state index contributed by atoms with van der Waals surface area (Å²) < 4.78 is 6.54. The summed E-state index contributed by atoms with van der Waals surface area (Å²) in [5.41, 5.74) is 14.2. The van der Waals surface area contributed by atoms with Crippen LogP contribution in [-0.2, 0) is 4.74 Å². The van der Waals surface area contributed by atoms with E-state index in [4.69, 9.17) is 10.5 Å². The number of nitrogens with zero attached hydrogens (tertiary/aromatic N) is 3. The van der Waals surface area contributed by atoms with Crippen LogP contribution in [0.25, 0.3) is 0 Å². The van der Waals surface area contributed by atoms with Gasteiger partial charge in [-0.05, 0) is 45.4 Å². The fourth-order valence-corrected chi connectivity index (χ4v) is 5.47. The number of aliphatic hydroxyl groups excluding tert-OH is 1. The molecule has 0 radical (unpaired) electrons. The lowest BCUT2D eigenvalue weighted by Crippen LogP contribution is -2.40. The minimum Gasteiger partial charge on any atom is -0.390 e. The number of aliphatic hydroxyl groups is 1. The summed E-state index contributed by atoms with van der Waals surface area (Å²) >= 11 is 0. The van der Waals surface area contributed by atoms with Gasteiger partial charge in [-0.3, -0.25) is 5.43 Å². The highest BCUT2D eigenvalue weighted by Crippen LogP contribution is 2.47. The molecule has 5 rings (SSSR count). The molecule has 1 aromatic heterocycles. The molecule has 0 spiro atoms. The van der Waals surface area contributed by atoms with Gasteiger partial charge in [-0.2, -0.15) is 0 Å². The summed E-state index contributed by atoms with van der Waals surface area (Å²) in [5, 5.41) is 10.1. The van der Waals surface area contributed by atoms with Gasteiger partial charge in [0.25, 0.3) is 0 Å². The van der Waals surface area contributed by atoms with Gasteiger partial charge >= 0.3 is 0 Å². The van der Waals surface area contributed by atoms with Crippen molar-refractivity contribution in [1.82, 2.24) is 20.8 Å². The maximum Gasteiger partial charge on any atom is 0.132 e. The predicted octanol–water partition coefficient (Wildman–Crippen LogP) is 1.02. The molecule has 0 aromatic carbocycles. The molecule has 4 unspecified atom stereocenters. The Balaban J connectivity index is 1.32. The molecule has 2 saturated heterocycles. The number of hydrogen-bond donors (Lipinski definition) is 4. The lowest BCUT2D eigenvalue weighted by Gasteiger charge is -2.35. The Bertz CT molecular complexity index is 744. The van der Waals surface area contributed by atoms with E-state index in [-0.39, 0.29) is 23.7 Å². The molecule has 2 aliphatic carbocycles. The number of aromatic nitrogens is 2. The third-order valence-electron chi connectivity index (χ3n) is 7.74. The molecule has 2 saturated carbocycles. The maximum atomic E-state index is 10.1. The van der Waals surface area contributed by atoms with E-state index in [9.17, 15) is 5.11 Å². The number of rotatable bonds is 5. The first-order valence-electron chi connectivity index (χ1n) is 11.2. The molecule has 29 heavy (non-hydrogen) atoms. The van der Waals surface area contributed by atoms with Crippen LogP contribution in [0, 0.1) is 5.92 Å². The van der Waals surface area contributed by atoms with E-state index in [0.717, 1.165) is 37.2 Å². The van der Waals surface area contributed by atoms with Gasteiger partial charge in [-0.1, -0.05) is 6.92 Å². The van der Waals surface area contributed by atoms with E-state index in [0.29, 0.717) is 24.6 Å². The largest absolute Gasteiger partial charge is 0.390 e. The lowest BCUT2D eigenvalue weighted by atomic mass is 9.79. The molecule has 0 bridgehead atoms. The van der Waals surface area contributed by atoms with Gasteiger partial charge in [0.15, 0.2) is 0 Å². The third kappa shape index (κ3) is 3.55. The van der Waals surface area contributed by atoms with Crippen LogP contribution in [0.5, 0.6) is 0 Å². The van der Waals surface area contributed by atoms with Gasteiger partial charge in [0.1, 0.15) is 12.1 Å². The van der Waals surface area contributed by atoms with E-state index in [1.54, 1.807) is 6.33 Å². The van der Waals surface area contributed by atoms with Crippen LogP contribution in [0.1, 0.15) is 64.1 Å². The quantitative estimate of drug-likeness (QED) is 0.578. The van der Waals surface area contributed by atoms with E-state index in [1.165, 1.54) is 12.8 Å². The minimum absolute atomic E-state index is 0.0476. The first kappa shape index (κ1) is 19.6. The zero-order valence-electron chi connectivity index (χ0n) is 17.4. The monoisotopic (exact) mass is 402 g/mol. The fraction of sp³-hybridized carbons (Fsp3) is 0.810. The van der Waals surface area contributed by atoms with Crippen molar-refractivity contribution >= 4 is 5.82 Å². The van der Waals surface area contributed by atoms with Gasteiger partial charge in [0.2, 0.25) is 0 Å². The Kier molecular flexibility index (Phi) is 5.03. The van der Waals surface area contributed by atoms with Crippen molar-refractivity contribution in [3.63, 3.8) is 0 Å². The summed E-state index contributed by atoms with van der Waals surface area (Å²) in [6, 6.07) is 2.44. The van der Waals surface area contributed by atoms with Crippen molar-refractivity contribution in [1.29, 1.82) is 0 Å². The smallest absolute Gasteiger partial charge is 0.132 e. The minimum atomic E-state index is -0.524. The molecule has 3 heterocycles. The van der Waals surface area contributed by atoms with Crippen LogP contribution in [-0.4, -0.2) is 57.6 Å². The zero-order valence-corrected chi connectivity index (χ0v) is 17.4. The Morgan fingerprint density at radius 2 is 2.14 bits per heavy atom. The highest BCUT2D eigenvalue weighted by atomic mass is 16.5. The predicted molar refractivity (Wildman–Crippen MR) is 110 cm³/mol. The molecule has 5 N–H and O–H groups in total. The van der Waals surface area contributed by atoms with Crippen molar-refractivity contribution in [3.8, 4) is 0 Å². The van der Waals surface area contributed by atoms with Gasteiger partial charge in [-0.15, -0.1) is 0 Å². The van der Waals surface area contributed by atoms with E-state index in [1.807, 2.05) is 6.92 Å². The molecule has 4 aliphatic rings. The molecule has 4 fully saturated rings. The van der Waals surface area contributed by atoms with E-state index in [2.05, 4.69) is 38.7 Å². The molecule has 8 heteroatoms. The number of hydrazine groups is 1. The van der Waals surface area contributed by atoms with Crippen LogP contribution >= 0.6 is 0 Å². The molecular formula is C21H34N6O2. The Morgan fingerprint density at radius 1 is 1.31 bits per heavy atom. The molecule has 160 valence electrons. The number of hydrogen-bond acceptors (Lipinski definition) is 8. The van der Waals surface area contributed by atoms with Crippen LogP contribution in [0.15, 0.2) is 12.4 Å². The molecular weight excluding hydrogens is 368 g/mol. The molecule has 0 amide bonds. The van der Waals surface area contributed by atoms with Gasteiger partial charge in [0, 0.05) is 30.6 Å². The first-order chi connectivity index (χ1) is 14.0. The van der Waals surface area contributed by atoms with Gasteiger partial charge in [-0.25, -0.2) is 15.4 Å². The standard InChI is InChI=1S/C21H34N6O2/c1-3-21(6-7-21)29-13-4-5-15-14(8-13)20(26-25-15)16-9-18(24-11-23-16)27-10-17(28)19(22)12(27)2/h9,11-15,17,19-20,25-26,28H,3-8,10,22H2,1-2H3/t12-,13?,14?,15?,17-,19-,20?/m0/s1. The van der Waals surface area contributed by atoms with Crippen molar-refractivity contribution in [3.05, 3.63) is 18.1 Å². The molecule has 2 aliphatic heterocycles. The van der Waals surface area contributed by atoms with Crippen molar-refractivity contribution in [2.45, 2.75) is 94.3 Å². The van der Waals surface area contributed by atoms with Crippen LogP contribution in [0.2, 0.25) is 0 Å². The van der Waals surface area contributed by atoms with Gasteiger partial charge in [0.05, 0.1) is 35.6 Å². The first-order valence-corrected chi connectivity index (χ1v) is 11.2.